The van der Waals surface area contributed by atoms with Crippen molar-refractivity contribution < 1.29 is 0 Å². The summed E-state index contributed by atoms with van der Waals surface area (Å²) in [6.07, 6.45) is 13.8. The Morgan fingerprint density at radius 3 is 1.63 bits per heavy atom. The lowest BCUT2D eigenvalue weighted by atomic mass is 9.78. The van der Waals surface area contributed by atoms with Crippen LogP contribution in [0.5, 0.6) is 0 Å². The molecule has 19 heavy (non-hydrogen) atoms. The highest BCUT2D eigenvalue weighted by atomic mass is 14.5. The number of fused-ring (bicyclic) bond motifs is 10. The molecule has 0 fully saturated rings. The Hall–Kier alpha value is -1.30. The van der Waals surface area contributed by atoms with E-state index in [0.29, 0.717) is 0 Å². The van der Waals surface area contributed by atoms with Gasteiger partial charge in [-0.1, -0.05) is 31.2 Å². The summed E-state index contributed by atoms with van der Waals surface area (Å²) in [5.41, 5.74) is 10.3. The minimum atomic E-state index is 0.735. The van der Waals surface area contributed by atoms with Crippen LogP contribution in [0.25, 0.3) is 0 Å². The van der Waals surface area contributed by atoms with E-state index in [1.165, 1.54) is 19.3 Å². The average molecular weight is 248 g/mol. The summed E-state index contributed by atoms with van der Waals surface area (Å²) in [6, 6.07) is 0. The van der Waals surface area contributed by atoms with Gasteiger partial charge in [0.05, 0.1) is 0 Å². The summed E-state index contributed by atoms with van der Waals surface area (Å²) < 4.78 is 0. The van der Waals surface area contributed by atoms with Crippen molar-refractivity contribution in [1.29, 1.82) is 0 Å². The molecule has 4 aliphatic carbocycles. The molecule has 4 aliphatic rings. The molecule has 0 aromatic heterocycles. The van der Waals surface area contributed by atoms with Crippen LogP contribution < -0.4 is 0 Å². The molecule has 4 unspecified atom stereocenters. The first-order chi connectivity index (χ1) is 9.29. The second-order valence-corrected chi connectivity index (χ2v) is 6.78. The molecule has 0 nitrogen and oxygen atoms in total. The van der Waals surface area contributed by atoms with Crippen LogP contribution in [0.4, 0.5) is 0 Å². The van der Waals surface area contributed by atoms with Gasteiger partial charge in [-0.2, -0.15) is 0 Å². The van der Waals surface area contributed by atoms with E-state index < -0.39 is 0 Å². The van der Waals surface area contributed by atoms with E-state index in [0.717, 1.165) is 23.7 Å². The predicted molar refractivity (Wildman–Crippen MR) is 79.0 cm³/mol. The third-order valence-electron chi connectivity index (χ3n) is 6.04. The van der Waals surface area contributed by atoms with Gasteiger partial charge in [0.1, 0.15) is 0 Å². The van der Waals surface area contributed by atoms with Gasteiger partial charge in [0.15, 0.2) is 0 Å². The molecule has 0 radical (unpaired) electrons. The van der Waals surface area contributed by atoms with E-state index in [1.807, 2.05) is 0 Å². The van der Waals surface area contributed by atoms with Gasteiger partial charge >= 0.3 is 0 Å². The van der Waals surface area contributed by atoms with Crippen LogP contribution in [0, 0.1) is 6.92 Å². The molecular formula is C19H20. The van der Waals surface area contributed by atoms with Crippen molar-refractivity contribution in [2.75, 3.05) is 0 Å². The van der Waals surface area contributed by atoms with Crippen molar-refractivity contribution in [2.24, 2.45) is 0 Å². The van der Waals surface area contributed by atoms with Crippen molar-refractivity contribution in [3.63, 3.8) is 0 Å². The van der Waals surface area contributed by atoms with E-state index in [2.05, 4.69) is 38.2 Å². The largest absolute Gasteiger partial charge is 0.0803 e. The van der Waals surface area contributed by atoms with Crippen LogP contribution in [0.15, 0.2) is 24.3 Å². The van der Waals surface area contributed by atoms with Crippen molar-refractivity contribution in [3.05, 3.63) is 57.7 Å². The normalized spacial score (nSPS) is 35.3. The topological polar surface area (TPSA) is 0 Å². The first-order valence-corrected chi connectivity index (χ1v) is 7.85. The van der Waals surface area contributed by atoms with Crippen molar-refractivity contribution in [3.8, 4) is 0 Å². The predicted octanol–water partition coefficient (Wildman–Crippen LogP) is 4.84. The average Bonchev–Trinajstić information content (AvgIpc) is 3.18. The maximum Gasteiger partial charge on any atom is 0.00328 e. The van der Waals surface area contributed by atoms with Gasteiger partial charge < -0.3 is 0 Å². The van der Waals surface area contributed by atoms with Crippen LogP contribution in [-0.4, -0.2) is 0 Å². The van der Waals surface area contributed by atoms with E-state index >= 15 is 0 Å². The maximum atomic E-state index is 2.47. The molecule has 4 atom stereocenters. The van der Waals surface area contributed by atoms with Crippen LogP contribution in [-0.2, 0) is 6.42 Å². The van der Waals surface area contributed by atoms with Crippen LogP contribution >= 0.6 is 0 Å². The fourth-order valence-corrected chi connectivity index (χ4v) is 5.46. The van der Waals surface area contributed by atoms with Gasteiger partial charge in [-0.3, -0.25) is 0 Å². The monoisotopic (exact) mass is 248 g/mol. The molecule has 4 bridgehead atoms. The molecular weight excluding hydrogens is 228 g/mol. The number of hydrogen-bond acceptors (Lipinski definition) is 0. The third kappa shape index (κ3) is 1.05. The number of benzene rings is 1. The zero-order valence-electron chi connectivity index (χ0n) is 11.7. The molecule has 0 spiro atoms. The zero-order valence-corrected chi connectivity index (χ0v) is 11.7. The minimum absolute atomic E-state index is 0.735. The van der Waals surface area contributed by atoms with Crippen molar-refractivity contribution in [2.45, 2.75) is 56.8 Å². The Labute approximate surface area is 115 Å². The summed E-state index contributed by atoms with van der Waals surface area (Å²) in [5, 5.41) is 0. The van der Waals surface area contributed by atoms with Crippen LogP contribution in [0.2, 0.25) is 0 Å². The highest BCUT2D eigenvalue weighted by Gasteiger charge is 2.43. The van der Waals surface area contributed by atoms with Crippen molar-refractivity contribution >= 4 is 0 Å². The summed E-state index contributed by atoms with van der Waals surface area (Å²) in [6.45, 7) is 4.76. The fourth-order valence-electron chi connectivity index (χ4n) is 5.46. The van der Waals surface area contributed by atoms with Gasteiger partial charge in [-0.25, -0.2) is 0 Å². The Morgan fingerprint density at radius 2 is 1.21 bits per heavy atom. The summed E-state index contributed by atoms with van der Waals surface area (Å²) >= 11 is 0. The molecule has 0 heterocycles. The van der Waals surface area contributed by atoms with Gasteiger partial charge in [-0.15, -0.1) is 0 Å². The first-order valence-electron chi connectivity index (χ1n) is 7.85. The van der Waals surface area contributed by atoms with E-state index in [9.17, 15) is 0 Å². The smallest absolute Gasteiger partial charge is 0.00328 e. The molecule has 0 aliphatic heterocycles. The Morgan fingerprint density at radius 1 is 0.789 bits per heavy atom. The number of rotatable bonds is 1. The number of allylic oxidation sites excluding steroid dienone is 4. The summed E-state index contributed by atoms with van der Waals surface area (Å²) in [4.78, 5) is 0. The lowest BCUT2D eigenvalue weighted by Gasteiger charge is -2.26. The van der Waals surface area contributed by atoms with Gasteiger partial charge in [-0.05, 0) is 59.6 Å². The third-order valence-corrected chi connectivity index (χ3v) is 6.04. The lowest BCUT2D eigenvalue weighted by molar-refractivity contribution is 0.782. The van der Waals surface area contributed by atoms with Gasteiger partial charge in [0, 0.05) is 23.7 Å². The summed E-state index contributed by atoms with van der Waals surface area (Å²) in [7, 11) is 0. The Bertz CT molecular complexity index is 606. The Balaban J connectivity index is 1.89. The first kappa shape index (κ1) is 10.5. The molecule has 96 valence electrons. The second kappa shape index (κ2) is 3.23. The molecule has 0 heteroatoms. The molecule has 0 saturated heterocycles. The number of hydrogen-bond donors (Lipinski definition) is 0. The van der Waals surface area contributed by atoms with E-state index in [4.69, 9.17) is 0 Å². The van der Waals surface area contributed by atoms with E-state index in [-0.39, 0.29) is 0 Å². The molecule has 0 N–H and O–H groups in total. The molecule has 1 aromatic rings. The maximum absolute atomic E-state index is 2.47. The standard InChI is InChI=1S/C19H20/c1-3-15-18-13-6-4-11(8-13)16(18)10(2)17-12-5-7-14(9-12)19(15)17/h4-7,11-14H,3,8-9H2,1-2H3. The quantitative estimate of drug-likeness (QED) is 0.624. The van der Waals surface area contributed by atoms with Gasteiger partial charge in [0.25, 0.3) is 0 Å². The van der Waals surface area contributed by atoms with Crippen LogP contribution in [0.1, 0.15) is 76.8 Å². The Kier molecular flexibility index (Phi) is 1.78. The molecule has 5 rings (SSSR count). The zero-order chi connectivity index (χ0) is 12.7. The van der Waals surface area contributed by atoms with E-state index in [1.54, 1.807) is 33.4 Å². The molecule has 1 aromatic carbocycles. The summed E-state index contributed by atoms with van der Waals surface area (Å²) in [5.74, 6) is 2.95. The highest BCUT2D eigenvalue weighted by Crippen LogP contribution is 2.59. The van der Waals surface area contributed by atoms with Crippen LogP contribution in [0.3, 0.4) is 0 Å². The minimum Gasteiger partial charge on any atom is -0.0803 e. The highest BCUT2D eigenvalue weighted by molar-refractivity contribution is 5.66. The fraction of sp³-hybridized carbons (Fsp3) is 0.474. The lowest BCUT2D eigenvalue weighted by Crippen LogP contribution is -2.10. The van der Waals surface area contributed by atoms with Crippen molar-refractivity contribution in [1.82, 2.24) is 0 Å². The molecule has 0 amide bonds. The SMILES string of the molecule is CCc1c2c(c(C)c3c1C1C=CC3C1)C1C=CC2C1. The molecule has 0 saturated carbocycles. The van der Waals surface area contributed by atoms with Gasteiger partial charge in [0.2, 0.25) is 0 Å². The second-order valence-electron chi connectivity index (χ2n) is 6.78.